The lowest BCUT2D eigenvalue weighted by molar-refractivity contribution is -0.119. The topological polar surface area (TPSA) is 49.4 Å². The molecule has 20 heavy (non-hydrogen) atoms. The minimum atomic E-state index is -0.0200. The van der Waals surface area contributed by atoms with Crippen LogP contribution in [0.2, 0.25) is 0 Å². The predicted octanol–water partition coefficient (Wildman–Crippen LogP) is 2.34. The van der Waals surface area contributed by atoms with Crippen molar-refractivity contribution in [3.63, 3.8) is 0 Å². The van der Waals surface area contributed by atoms with Gasteiger partial charge in [0, 0.05) is 30.8 Å². The minimum Gasteiger partial charge on any atom is -0.352 e. The number of piperidine rings is 1. The Hall–Kier alpha value is -1.84. The summed E-state index contributed by atoms with van der Waals surface area (Å²) >= 11 is 0. The van der Waals surface area contributed by atoms with Gasteiger partial charge in [-0.3, -0.25) is 9.59 Å². The molecule has 1 heterocycles. The van der Waals surface area contributed by atoms with E-state index in [4.69, 9.17) is 0 Å². The van der Waals surface area contributed by atoms with E-state index in [9.17, 15) is 9.59 Å². The van der Waals surface area contributed by atoms with Crippen molar-refractivity contribution in [2.45, 2.75) is 32.1 Å². The van der Waals surface area contributed by atoms with E-state index in [1.165, 1.54) is 12.8 Å². The largest absolute Gasteiger partial charge is 0.352 e. The molecule has 0 unspecified atom stereocenters. The molecule has 2 amide bonds. The smallest absolute Gasteiger partial charge is 0.251 e. The Morgan fingerprint density at radius 3 is 2.60 bits per heavy atom. The van der Waals surface area contributed by atoms with E-state index in [-0.39, 0.29) is 11.8 Å². The number of nitrogens with zero attached hydrogens (tertiary/aromatic N) is 1. The second-order valence-corrected chi connectivity index (χ2v) is 5.70. The highest BCUT2D eigenvalue weighted by atomic mass is 16.2. The van der Waals surface area contributed by atoms with E-state index in [0.717, 1.165) is 31.6 Å². The number of hydrogen-bond acceptors (Lipinski definition) is 2. The van der Waals surface area contributed by atoms with Gasteiger partial charge in [0.1, 0.15) is 0 Å². The molecule has 4 nitrogen and oxygen atoms in total. The normalized spacial score (nSPS) is 19.0. The lowest BCUT2D eigenvalue weighted by Gasteiger charge is -2.26. The first-order chi connectivity index (χ1) is 9.74. The average Bonchev–Trinajstić information content (AvgIpc) is 3.30. The lowest BCUT2D eigenvalue weighted by Crippen LogP contribution is -2.35. The van der Waals surface area contributed by atoms with Crippen LogP contribution in [0.25, 0.3) is 0 Å². The Morgan fingerprint density at radius 1 is 1.20 bits per heavy atom. The van der Waals surface area contributed by atoms with Crippen LogP contribution in [0.5, 0.6) is 0 Å². The third-order valence-electron chi connectivity index (χ3n) is 4.01. The molecule has 106 valence electrons. The third-order valence-corrected chi connectivity index (χ3v) is 4.01. The van der Waals surface area contributed by atoms with Gasteiger partial charge in [-0.05, 0) is 55.9 Å². The van der Waals surface area contributed by atoms with Gasteiger partial charge in [0.2, 0.25) is 5.91 Å². The van der Waals surface area contributed by atoms with Crippen molar-refractivity contribution in [3.05, 3.63) is 29.8 Å². The van der Waals surface area contributed by atoms with Crippen molar-refractivity contribution in [2.75, 3.05) is 18.0 Å². The number of rotatable bonds is 4. The second-order valence-electron chi connectivity index (χ2n) is 5.70. The summed E-state index contributed by atoms with van der Waals surface area (Å²) in [6.45, 7) is 1.57. The highest BCUT2D eigenvalue weighted by Crippen LogP contribution is 2.27. The SMILES string of the molecule is O=C(NCC1CC1)c1ccc(N2CCCCC2=O)cc1. The van der Waals surface area contributed by atoms with Gasteiger partial charge in [-0.25, -0.2) is 0 Å². The maximum absolute atomic E-state index is 11.9. The first kappa shape index (κ1) is 13.2. The number of hydrogen-bond donors (Lipinski definition) is 1. The van der Waals surface area contributed by atoms with Crippen LogP contribution in [0.15, 0.2) is 24.3 Å². The summed E-state index contributed by atoms with van der Waals surface area (Å²) in [7, 11) is 0. The molecule has 0 aromatic heterocycles. The van der Waals surface area contributed by atoms with Crippen molar-refractivity contribution in [1.29, 1.82) is 0 Å². The number of nitrogens with one attached hydrogen (secondary N) is 1. The predicted molar refractivity (Wildman–Crippen MR) is 77.7 cm³/mol. The Labute approximate surface area is 119 Å². The van der Waals surface area contributed by atoms with Gasteiger partial charge in [0.25, 0.3) is 5.91 Å². The van der Waals surface area contributed by atoms with Gasteiger partial charge >= 0.3 is 0 Å². The van der Waals surface area contributed by atoms with Crippen LogP contribution in [-0.2, 0) is 4.79 Å². The van der Waals surface area contributed by atoms with Crippen LogP contribution in [0.3, 0.4) is 0 Å². The van der Waals surface area contributed by atoms with Crippen molar-refractivity contribution >= 4 is 17.5 Å². The summed E-state index contributed by atoms with van der Waals surface area (Å²) in [5.41, 5.74) is 1.56. The fourth-order valence-electron chi connectivity index (χ4n) is 2.53. The van der Waals surface area contributed by atoms with Crippen molar-refractivity contribution < 1.29 is 9.59 Å². The van der Waals surface area contributed by atoms with Crippen molar-refractivity contribution in [1.82, 2.24) is 5.32 Å². The zero-order valence-electron chi connectivity index (χ0n) is 11.6. The van der Waals surface area contributed by atoms with Gasteiger partial charge in [-0.15, -0.1) is 0 Å². The van der Waals surface area contributed by atoms with Gasteiger partial charge in [0.15, 0.2) is 0 Å². The Kier molecular flexibility index (Phi) is 3.72. The van der Waals surface area contributed by atoms with E-state index in [2.05, 4.69) is 5.32 Å². The zero-order chi connectivity index (χ0) is 13.9. The summed E-state index contributed by atoms with van der Waals surface area (Å²) in [6.07, 6.45) is 5.13. The molecular formula is C16H20N2O2. The molecule has 0 bridgehead atoms. The van der Waals surface area contributed by atoms with Gasteiger partial charge < -0.3 is 10.2 Å². The molecular weight excluding hydrogens is 252 g/mol. The molecule has 2 aliphatic rings. The maximum atomic E-state index is 11.9. The van der Waals surface area contributed by atoms with E-state index in [1.54, 1.807) is 12.1 Å². The molecule has 0 spiro atoms. The number of amides is 2. The molecule has 1 N–H and O–H groups in total. The molecule has 2 fully saturated rings. The summed E-state index contributed by atoms with van der Waals surface area (Å²) in [4.78, 5) is 25.6. The van der Waals surface area contributed by atoms with Crippen LogP contribution in [0, 0.1) is 5.92 Å². The fourth-order valence-corrected chi connectivity index (χ4v) is 2.53. The van der Waals surface area contributed by atoms with Crippen LogP contribution in [0.1, 0.15) is 42.5 Å². The van der Waals surface area contributed by atoms with Gasteiger partial charge in [-0.2, -0.15) is 0 Å². The van der Waals surface area contributed by atoms with E-state index >= 15 is 0 Å². The molecule has 4 heteroatoms. The Balaban J connectivity index is 1.63. The van der Waals surface area contributed by atoms with Crippen LogP contribution >= 0.6 is 0 Å². The minimum absolute atomic E-state index is 0.0200. The lowest BCUT2D eigenvalue weighted by atomic mass is 10.1. The monoisotopic (exact) mass is 272 g/mol. The molecule has 1 aliphatic carbocycles. The second kappa shape index (κ2) is 5.65. The van der Waals surface area contributed by atoms with Crippen molar-refractivity contribution in [3.8, 4) is 0 Å². The van der Waals surface area contributed by atoms with Crippen LogP contribution < -0.4 is 10.2 Å². The quantitative estimate of drug-likeness (QED) is 0.914. The summed E-state index contributed by atoms with van der Waals surface area (Å²) in [5, 5.41) is 2.95. The zero-order valence-corrected chi connectivity index (χ0v) is 11.6. The van der Waals surface area contributed by atoms with Gasteiger partial charge in [-0.1, -0.05) is 0 Å². The van der Waals surface area contributed by atoms with Crippen molar-refractivity contribution in [2.24, 2.45) is 5.92 Å². The first-order valence-electron chi connectivity index (χ1n) is 7.42. The highest BCUT2D eigenvalue weighted by Gasteiger charge is 2.22. The Bertz CT molecular complexity index is 506. The Morgan fingerprint density at radius 2 is 1.95 bits per heavy atom. The molecule has 1 saturated heterocycles. The molecule has 0 atom stereocenters. The maximum Gasteiger partial charge on any atom is 0.251 e. The van der Waals surface area contributed by atoms with E-state index in [1.807, 2.05) is 17.0 Å². The molecule has 1 aliphatic heterocycles. The number of carbonyl (C=O) groups is 2. The summed E-state index contributed by atoms with van der Waals surface area (Å²) in [6, 6.07) is 7.35. The van der Waals surface area contributed by atoms with Crippen LogP contribution in [0.4, 0.5) is 5.69 Å². The highest BCUT2D eigenvalue weighted by molar-refractivity contribution is 5.96. The van der Waals surface area contributed by atoms with E-state index in [0.29, 0.717) is 17.9 Å². The molecule has 3 rings (SSSR count). The first-order valence-corrected chi connectivity index (χ1v) is 7.42. The average molecular weight is 272 g/mol. The standard InChI is InChI=1S/C16H20N2O2/c19-15-3-1-2-10-18(15)14-8-6-13(7-9-14)16(20)17-11-12-4-5-12/h6-9,12H,1-5,10-11H2,(H,17,20). The van der Waals surface area contributed by atoms with E-state index < -0.39 is 0 Å². The summed E-state index contributed by atoms with van der Waals surface area (Å²) < 4.78 is 0. The third kappa shape index (κ3) is 3.00. The number of anilines is 1. The number of carbonyl (C=O) groups excluding carboxylic acids is 2. The van der Waals surface area contributed by atoms with Gasteiger partial charge in [0.05, 0.1) is 0 Å². The fraction of sp³-hybridized carbons (Fsp3) is 0.500. The molecule has 1 aromatic rings. The molecule has 1 saturated carbocycles. The molecule has 1 aromatic carbocycles. The molecule has 0 radical (unpaired) electrons. The van der Waals surface area contributed by atoms with Crippen LogP contribution in [-0.4, -0.2) is 24.9 Å². The summed E-state index contributed by atoms with van der Waals surface area (Å²) in [5.74, 6) is 0.847. The number of benzene rings is 1.